The molecule has 1 aromatic rings. The Morgan fingerprint density at radius 3 is 2.29 bits per heavy atom. The van der Waals surface area contributed by atoms with Crippen LogP contribution in [0.3, 0.4) is 0 Å². The van der Waals surface area contributed by atoms with Crippen LogP contribution in [0.2, 0.25) is 0 Å². The lowest BCUT2D eigenvalue weighted by Crippen LogP contribution is -2.23. The Kier molecular flexibility index (Phi) is 4.46. The highest BCUT2D eigenvalue weighted by Crippen LogP contribution is 2.15. The van der Waals surface area contributed by atoms with Gasteiger partial charge in [-0.05, 0) is 23.1 Å². The van der Waals surface area contributed by atoms with Crippen molar-refractivity contribution in [3.63, 3.8) is 0 Å². The summed E-state index contributed by atoms with van der Waals surface area (Å²) in [7, 11) is 0. The largest absolute Gasteiger partial charge is 0.370 e. The molecular weight excluding hydrogens is 214 g/mol. The lowest BCUT2D eigenvalue weighted by molar-refractivity contribution is -0.113. The normalized spacial score (nSPS) is 10.8. The summed E-state index contributed by atoms with van der Waals surface area (Å²) >= 11 is 0. The van der Waals surface area contributed by atoms with Crippen molar-refractivity contribution in [1.29, 1.82) is 0 Å². The van der Waals surface area contributed by atoms with Crippen LogP contribution in [0.5, 0.6) is 0 Å². The second-order valence-corrected chi connectivity index (χ2v) is 4.03. The van der Waals surface area contributed by atoms with Crippen LogP contribution in [0, 0.1) is 0 Å². The third-order valence-electron chi connectivity index (χ3n) is 2.26. The van der Waals surface area contributed by atoms with Gasteiger partial charge in [0.2, 0.25) is 0 Å². The zero-order valence-corrected chi connectivity index (χ0v) is 10.1. The van der Waals surface area contributed by atoms with Gasteiger partial charge in [-0.25, -0.2) is 0 Å². The van der Waals surface area contributed by atoms with Crippen molar-refractivity contribution in [2.24, 2.45) is 16.5 Å². The van der Waals surface area contributed by atoms with Crippen LogP contribution in [-0.4, -0.2) is 11.9 Å². The van der Waals surface area contributed by atoms with Gasteiger partial charge < -0.3 is 11.5 Å². The van der Waals surface area contributed by atoms with Crippen LogP contribution in [0.4, 0.5) is 0 Å². The number of aliphatic imine (C=N–C) groups is 1. The molecular formula is C13H17N3O. The van der Waals surface area contributed by atoms with Gasteiger partial charge in [-0.2, -0.15) is 4.99 Å². The van der Waals surface area contributed by atoms with Crippen molar-refractivity contribution >= 4 is 17.9 Å². The number of rotatable bonds is 3. The molecule has 1 rings (SSSR count). The van der Waals surface area contributed by atoms with E-state index < -0.39 is 5.91 Å². The minimum absolute atomic E-state index is 0.227. The number of amides is 1. The Bertz CT molecular complexity index is 440. The monoisotopic (exact) mass is 231 g/mol. The Morgan fingerprint density at radius 1 is 1.24 bits per heavy atom. The predicted molar refractivity (Wildman–Crippen MR) is 70.4 cm³/mol. The molecule has 0 bridgehead atoms. The lowest BCUT2D eigenvalue weighted by atomic mass is 10.0. The topological polar surface area (TPSA) is 81.5 Å². The number of carbonyl (C=O) groups excluding carboxylic acids is 1. The molecule has 1 aromatic carbocycles. The van der Waals surface area contributed by atoms with Gasteiger partial charge in [0.1, 0.15) is 0 Å². The van der Waals surface area contributed by atoms with E-state index in [9.17, 15) is 4.79 Å². The first kappa shape index (κ1) is 13.0. The van der Waals surface area contributed by atoms with E-state index in [1.54, 1.807) is 6.08 Å². The summed E-state index contributed by atoms with van der Waals surface area (Å²) in [5.41, 5.74) is 12.4. The first-order valence-electron chi connectivity index (χ1n) is 5.40. The molecule has 4 N–H and O–H groups in total. The molecule has 0 aromatic heterocycles. The number of guanidine groups is 1. The van der Waals surface area contributed by atoms with E-state index in [0.29, 0.717) is 5.92 Å². The summed E-state index contributed by atoms with van der Waals surface area (Å²) in [5.74, 6) is -0.191. The number of benzene rings is 1. The SMILES string of the molecule is CC(C)c1ccc(/C=C/C(=O)N=C(N)N)cc1. The summed E-state index contributed by atoms with van der Waals surface area (Å²) < 4.78 is 0. The molecule has 0 fully saturated rings. The van der Waals surface area contributed by atoms with Crippen LogP contribution in [0.25, 0.3) is 6.08 Å². The zero-order chi connectivity index (χ0) is 12.8. The maximum Gasteiger partial charge on any atom is 0.272 e. The fraction of sp³-hybridized carbons (Fsp3) is 0.231. The molecule has 4 heteroatoms. The number of carbonyl (C=O) groups is 1. The van der Waals surface area contributed by atoms with Crippen LogP contribution >= 0.6 is 0 Å². The maximum absolute atomic E-state index is 11.2. The third-order valence-corrected chi connectivity index (χ3v) is 2.26. The van der Waals surface area contributed by atoms with Crippen molar-refractivity contribution < 1.29 is 4.79 Å². The molecule has 0 saturated heterocycles. The molecule has 0 aliphatic heterocycles. The second-order valence-electron chi connectivity index (χ2n) is 4.03. The second kappa shape index (κ2) is 5.84. The smallest absolute Gasteiger partial charge is 0.272 e. The van der Waals surface area contributed by atoms with Gasteiger partial charge in [0, 0.05) is 6.08 Å². The molecule has 0 aliphatic rings. The molecule has 0 unspecified atom stereocenters. The van der Waals surface area contributed by atoms with Gasteiger partial charge in [-0.15, -0.1) is 0 Å². The quantitative estimate of drug-likeness (QED) is 0.471. The van der Waals surface area contributed by atoms with Crippen LogP contribution in [0.15, 0.2) is 35.3 Å². The minimum Gasteiger partial charge on any atom is -0.370 e. The number of hydrogen-bond acceptors (Lipinski definition) is 1. The van der Waals surface area contributed by atoms with Gasteiger partial charge in [0.15, 0.2) is 5.96 Å². The first-order valence-corrected chi connectivity index (χ1v) is 5.40. The molecule has 1 amide bonds. The predicted octanol–water partition coefficient (Wildman–Crippen LogP) is 1.62. The average Bonchev–Trinajstić information content (AvgIpc) is 2.26. The zero-order valence-electron chi connectivity index (χ0n) is 10.1. The Balaban J connectivity index is 2.73. The summed E-state index contributed by atoms with van der Waals surface area (Å²) in [6, 6.07) is 7.98. The summed E-state index contributed by atoms with van der Waals surface area (Å²) in [4.78, 5) is 14.6. The Hall–Kier alpha value is -2.10. The van der Waals surface area contributed by atoms with Gasteiger partial charge in [0.05, 0.1) is 0 Å². The van der Waals surface area contributed by atoms with Crippen molar-refractivity contribution in [3.05, 3.63) is 41.5 Å². The van der Waals surface area contributed by atoms with Gasteiger partial charge in [-0.3, -0.25) is 4.79 Å². The fourth-order valence-corrected chi connectivity index (χ4v) is 1.32. The van der Waals surface area contributed by atoms with Crippen molar-refractivity contribution in [3.8, 4) is 0 Å². The number of nitrogens with zero attached hydrogens (tertiary/aromatic N) is 1. The first-order chi connectivity index (χ1) is 7.99. The third kappa shape index (κ3) is 4.51. The highest BCUT2D eigenvalue weighted by atomic mass is 16.1. The number of nitrogens with two attached hydrogens (primary N) is 2. The molecule has 4 nitrogen and oxygen atoms in total. The van der Waals surface area contributed by atoms with Crippen LogP contribution in [0.1, 0.15) is 30.9 Å². The fourth-order valence-electron chi connectivity index (χ4n) is 1.32. The standard InChI is InChI=1S/C13H17N3O/c1-9(2)11-6-3-10(4-7-11)5-8-12(17)16-13(14)15/h3-9H,1-2H3,(H4,14,15,16,17)/b8-5+. The molecule has 90 valence electrons. The van der Waals surface area contributed by atoms with Gasteiger partial charge >= 0.3 is 0 Å². The van der Waals surface area contributed by atoms with Crippen LogP contribution < -0.4 is 11.5 Å². The van der Waals surface area contributed by atoms with E-state index in [0.717, 1.165) is 5.56 Å². The molecule has 0 saturated carbocycles. The number of hydrogen-bond donors (Lipinski definition) is 2. The van der Waals surface area contributed by atoms with E-state index in [1.165, 1.54) is 11.6 Å². The van der Waals surface area contributed by atoms with Crippen molar-refractivity contribution in [1.82, 2.24) is 0 Å². The molecule has 0 spiro atoms. The van der Waals surface area contributed by atoms with Gasteiger partial charge in [-0.1, -0.05) is 38.1 Å². The Morgan fingerprint density at radius 2 is 1.82 bits per heavy atom. The molecule has 0 aliphatic carbocycles. The molecule has 0 radical (unpaired) electrons. The van der Waals surface area contributed by atoms with E-state index in [2.05, 4.69) is 18.8 Å². The van der Waals surface area contributed by atoms with E-state index in [-0.39, 0.29) is 5.96 Å². The molecule has 0 heterocycles. The molecule has 17 heavy (non-hydrogen) atoms. The summed E-state index contributed by atoms with van der Waals surface area (Å²) in [5, 5.41) is 0. The highest BCUT2D eigenvalue weighted by molar-refractivity contribution is 5.99. The average molecular weight is 231 g/mol. The minimum atomic E-state index is -0.460. The molecule has 0 atom stereocenters. The van der Waals surface area contributed by atoms with E-state index in [4.69, 9.17) is 11.5 Å². The summed E-state index contributed by atoms with van der Waals surface area (Å²) in [6.07, 6.45) is 3.02. The lowest BCUT2D eigenvalue weighted by Gasteiger charge is -2.04. The Labute approximate surface area is 101 Å². The van der Waals surface area contributed by atoms with Crippen molar-refractivity contribution in [2.75, 3.05) is 0 Å². The van der Waals surface area contributed by atoms with E-state index >= 15 is 0 Å². The highest BCUT2D eigenvalue weighted by Gasteiger charge is 1.97. The summed E-state index contributed by atoms with van der Waals surface area (Å²) in [6.45, 7) is 4.26. The van der Waals surface area contributed by atoms with Gasteiger partial charge in [0.25, 0.3) is 5.91 Å². The van der Waals surface area contributed by atoms with E-state index in [1.807, 2.05) is 24.3 Å². The van der Waals surface area contributed by atoms with Crippen molar-refractivity contribution in [2.45, 2.75) is 19.8 Å². The van der Waals surface area contributed by atoms with Crippen LogP contribution in [-0.2, 0) is 4.79 Å². The maximum atomic E-state index is 11.2.